The number of benzene rings is 2. The van der Waals surface area contributed by atoms with E-state index in [-0.39, 0.29) is 68.1 Å². The first-order chi connectivity index (χ1) is 25.7. The molecule has 0 heterocycles. The van der Waals surface area contributed by atoms with E-state index >= 15 is 0 Å². The van der Waals surface area contributed by atoms with E-state index in [1.165, 1.54) is 27.8 Å². The van der Waals surface area contributed by atoms with Gasteiger partial charge in [-0.25, -0.2) is 0 Å². The first-order valence-corrected chi connectivity index (χ1v) is 25.0. The van der Waals surface area contributed by atoms with Gasteiger partial charge in [0, 0.05) is 0 Å². The minimum absolute atomic E-state index is 0. The summed E-state index contributed by atoms with van der Waals surface area (Å²) in [6.45, 7) is 35.9. The van der Waals surface area contributed by atoms with Crippen LogP contribution < -0.4 is 24.8 Å². The standard InChI is InChI=1S/C29H37.C15H14.C10H15.2ClH.Zr/c1-21-14-13-15-22-20-27(6)25(4)18-10-9-16-23(25,2)24(3)17-11-12-19-26(24,5)29(27,8)28(21,22)7;1-12-3-7-14(8-4-12)11-15-9-5-13(2)6-10-15;1-8-6-5-7-9(8)10(2,3)4;;;/h9-20,22H,1-8H3;3-10H,1-2H3;6H,5H2,1-4H3;2*1H;/q;;;;;+2/p-2. The molecule has 3 heteroatoms. The van der Waals surface area contributed by atoms with Gasteiger partial charge in [-0.3, -0.25) is 0 Å². The van der Waals surface area contributed by atoms with E-state index in [1.807, 2.05) is 3.28 Å². The van der Waals surface area contributed by atoms with Crippen LogP contribution in [0.15, 0.2) is 141 Å². The molecule has 0 saturated heterocycles. The smallest absolute Gasteiger partial charge is 1.00 e. The van der Waals surface area contributed by atoms with Crippen molar-refractivity contribution in [1.82, 2.24) is 0 Å². The van der Waals surface area contributed by atoms with Crippen LogP contribution in [0.1, 0.15) is 112 Å². The molecule has 6 aliphatic rings. The Morgan fingerprint density at radius 3 is 1.56 bits per heavy atom. The molecule has 2 saturated carbocycles. The fourth-order valence-corrected chi connectivity index (χ4v) is 27.1. The number of aryl methyl sites for hydroxylation is 2. The predicted octanol–water partition coefficient (Wildman–Crippen LogP) is 8.39. The van der Waals surface area contributed by atoms with Gasteiger partial charge in [-0.2, -0.15) is 0 Å². The predicted molar refractivity (Wildman–Crippen MR) is 234 cm³/mol. The van der Waals surface area contributed by atoms with Gasteiger partial charge in [0.25, 0.3) is 0 Å². The van der Waals surface area contributed by atoms with Crippen LogP contribution in [0.25, 0.3) is 0 Å². The van der Waals surface area contributed by atoms with Crippen molar-refractivity contribution in [2.24, 2.45) is 49.2 Å². The van der Waals surface area contributed by atoms with E-state index in [9.17, 15) is 0 Å². The summed E-state index contributed by atoms with van der Waals surface area (Å²) < 4.78 is 3.99. The van der Waals surface area contributed by atoms with Crippen molar-refractivity contribution in [2.45, 2.75) is 107 Å². The van der Waals surface area contributed by atoms with Gasteiger partial charge in [-0.05, 0) is 0 Å². The molecule has 0 radical (unpaired) electrons. The maximum absolute atomic E-state index is 3.16. The molecule has 6 aliphatic carbocycles. The average molecular weight is 877 g/mol. The van der Waals surface area contributed by atoms with Crippen molar-refractivity contribution in [3.8, 4) is 0 Å². The zero-order chi connectivity index (χ0) is 39.8. The summed E-state index contributed by atoms with van der Waals surface area (Å²) in [6, 6.07) is 19.4. The Labute approximate surface area is 366 Å². The molecule has 0 nitrogen and oxygen atoms in total. The third kappa shape index (κ3) is 5.23. The molecule has 0 aliphatic heterocycles. The number of allylic oxidation sites excluding steroid dienone is 16. The Morgan fingerprint density at radius 1 is 0.614 bits per heavy atom. The van der Waals surface area contributed by atoms with E-state index in [2.05, 4.69) is 218 Å². The molecule has 300 valence electrons. The first-order valence-electron chi connectivity index (χ1n) is 21.1. The van der Waals surface area contributed by atoms with E-state index in [0.717, 1.165) is 6.42 Å². The SMILES string of the molecule is CC1=CC[C]([Zr+2](=[C](c2ccc(C)cc2)c2ccc(C)cc2)[CH]2C3C=CC=C(C)C3(C)C3(C)C4(C)C=CC=CC4(C)C4(C)C=CC=CC4(C)C23C)=C1C(C)(C)C.[Cl-].[Cl-]. The molecule has 0 aromatic heterocycles. The van der Waals surface area contributed by atoms with Gasteiger partial charge in [0.2, 0.25) is 0 Å². The number of hydrogen-bond acceptors (Lipinski definition) is 0. The van der Waals surface area contributed by atoms with Crippen molar-refractivity contribution in [3.05, 3.63) is 164 Å². The Bertz CT molecular complexity index is 2220. The second-order valence-corrected chi connectivity index (χ2v) is 27.0. The van der Waals surface area contributed by atoms with Gasteiger partial charge in [-0.15, -0.1) is 0 Å². The second-order valence-electron chi connectivity index (χ2n) is 20.7. The molecular formula is C54H66Cl2Zr. The van der Waals surface area contributed by atoms with E-state index in [0.29, 0.717) is 9.54 Å². The van der Waals surface area contributed by atoms with Crippen LogP contribution in [0.2, 0.25) is 3.63 Å². The Balaban J connectivity index is 0.00000275. The molecule has 0 amide bonds. The van der Waals surface area contributed by atoms with Gasteiger partial charge in [0.05, 0.1) is 0 Å². The third-order valence-corrected chi connectivity index (χ3v) is 27.4. The van der Waals surface area contributed by atoms with Crippen LogP contribution in [0.4, 0.5) is 0 Å². The molecule has 0 N–H and O–H groups in total. The van der Waals surface area contributed by atoms with Gasteiger partial charge in [-0.1, -0.05) is 0 Å². The minimum atomic E-state index is -3.16. The molecular weight excluding hydrogens is 811 g/mol. The summed E-state index contributed by atoms with van der Waals surface area (Å²) in [6.07, 6.45) is 31.7. The molecule has 0 spiro atoms. The maximum atomic E-state index is 2.84. The van der Waals surface area contributed by atoms with Crippen molar-refractivity contribution in [2.75, 3.05) is 0 Å². The molecule has 2 aromatic carbocycles. The Hall–Kier alpha value is -2.31. The maximum Gasteiger partial charge on any atom is -1.00 e. The van der Waals surface area contributed by atoms with Crippen molar-refractivity contribution in [1.29, 1.82) is 0 Å². The van der Waals surface area contributed by atoms with Crippen molar-refractivity contribution >= 4 is 3.21 Å². The number of rotatable bonds is 4. The van der Waals surface area contributed by atoms with Crippen molar-refractivity contribution < 1.29 is 46.1 Å². The topological polar surface area (TPSA) is 0 Å². The van der Waals surface area contributed by atoms with Crippen LogP contribution in [-0.4, -0.2) is 3.21 Å². The number of halogens is 2. The van der Waals surface area contributed by atoms with Crippen LogP contribution in [0.5, 0.6) is 0 Å². The number of hydrogen-bond donors (Lipinski definition) is 0. The summed E-state index contributed by atoms with van der Waals surface area (Å²) >= 11 is -3.16. The average Bonchev–Trinajstić information content (AvgIpc) is 3.60. The normalized spacial score (nSPS) is 38.1. The van der Waals surface area contributed by atoms with Gasteiger partial charge < -0.3 is 24.8 Å². The molecule has 9 atom stereocenters. The summed E-state index contributed by atoms with van der Waals surface area (Å²) in [7, 11) is 0. The van der Waals surface area contributed by atoms with Gasteiger partial charge in [0.15, 0.2) is 0 Å². The summed E-state index contributed by atoms with van der Waals surface area (Å²) in [5.41, 5.74) is 9.49. The minimum Gasteiger partial charge on any atom is -1.00 e. The van der Waals surface area contributed by atoms with E-state index in [1.54, 1.807) is 14.4 Å². The molecule has 2 aromatic rings. The summed E-state index contributed by atoms with van der Waals surface area (Å²) in [5.74, 6) is 0.390. The van der Waals surface area contributed by atoms with Crippen LogP contribution in [-0.2, 0) is 21.3 Å². The quantitative estimate of drug-likeness (QED) is 0.290. The van der Waals surface area contributed by atoms with Gasteiger partial charge in [0.1, 0.15) is 0 Å². The fraction of sp³-hybridized carbons (Fsp3) is 0.463. The molecule has 57 heavy (non-hydrogen) atoms. The second kappa shape index (κ2) is 14.1. The molecule has 2 fully saturated rings. The largest absolute Gasteiger partial charge is 1.00 e. The zero-order valence-corrected chi connectivity index (χ0v) is 41.1. The van der Waals surface area contributed by atoms with Crippen LogP contribution in [0, 0.1) is 63.1 Å². The van der Waals surface area contributed by atoms with E-state index < -0.39 is 21.3 Å². The third-order valence-electron chi connectivity index (χ3n) is 18.1. The number of fused-ring (bicyclic) bond motifs is 8. The zero-order valence-electron chi connectivity index (χ0n) is 37.2. The Morgan fingerprint density at radius 2 is 1.07 bits per heavy atom. The molecule has 0 bridgehead atoms. The van der Waals surface area contributed by atoms with Crippen LogP contribution in [0.3, 0.4) is 0 Å². The summed E-state index contributed by atoms with van der Waals surface area (Å²) in [5, 5.41) is 0. The fourth-order valence-electron chi connectivity index (χ4n) is 14.6. The molecule has 9 unspecified atom stereocenters. The van der Waals surface area contributed by atoms with Crippen LogP contribution >= 0.6 is 0 Å². The summed E-state index contributed by atoms with van der Waals surface area (Å²) in [4.78, 5) is 0. The Kier molecular flexibility index (Phi) is 11.0. The first kappa shape index (κ1) is 44.3. The van der Waals surface area contributed by atoms with E-state index in [4.69, 9.17) is 0 Å². The monoisotopic (exact) mass is 874 g/mol. The van der Waals surface area contributed by atoms with Crippen molar-refractivity contribution in [3.63, 3.8) is 0 Å². The van der Waals surface area contributed by atoms with Gasteiger partial charge >= 0.3 is 344 Å². The molecule has 8 rings (SSSR count).